The summed E-state index contributed by atoms with van der Waals surface area (Å²) in [6, 6.07) is 5.89. The predicted molar refractivity (Wildman–Crippen MR) is 83.1 cm³/mol. The highest BCUT2D eigenvalue weighted by Crippen LogP contribution is 2.25. The predicted octanol–water partition coefficient (Wildman–Crippen LogP) is 2.04. The van der Waals surface area contributed by atoms with E-state index in [2.05, 4.69) is 17.2 Å². The fourth-order valence-corrected chi connectivity index (χ4v) is 2.74. The van der Waals surface area contributed by atoms with Crippen molar-refractivity contribution in [2.45, 2.75) is 38.1 Å². The molecule has 1 N–H and O–H groups in total. The van der Waals surface area contributed by atoms with Crippen LogP contribution in [0.1, 0.15) is 31.9 Å². The number of carbonyl (C=O) groups is 1. The van der Waals surface area contributed by atoms with Crippen LogP contribution in [-0.4, -0.2) is 41.5 Å². The largest absolute Gasteiger partial charge is 0.344 e. The zero-order chi connectivity index (χ0) is 13.7. The van der Waals surface area contributed by atoms with Crippen molar-refractivity contribution < 1.29 is 4.79 Å². The first-order chi connectivity index (χ1) is 9.18. The molecule has 0 radical (unpaired) electrons. The average molecular weight is 298 g/mol. The summed E-state index contributed by atoms with van der Waals surface area (Å²) < 4.78 is 0. The Morgan fingerprint density at radius 1 is 1.50 bits per heavy atom. The Kier molecular flexibility index (Phi) is 6.43. The SMILES string of the molecule is CCC1(C(=O)N(C)CCc2ccccn2)CCCN1.Cl. The number of nitrogens with zero attached hydrogens (tertiary/aromatic N) is 2. The summed E-state index contributed by atoms with van der Waals surface area (Å²) in [4.78, 5) is 18.7. The highest BCUT2D eigenvalue weighted by atomic mass is 35.5. The van der Waals surface area contributed by atoms with Gasteiger partial charge in [-0.15, -0.1) is 12.4 Å². The Morgan fingerprint density at radius 3 is 2.85 bits per heavy atom. The van der Waals surface area contributed by atoms with Crippen molar-refractivity contribution >= 4 is 18.3 Å². The van der Waals surface area contributed by atoms with Crippen molar-refractivity contribution in [3.63, 3.8) is 0 Å². The van der Waals surface area contributed by atoms with E-state index in [9.17, 15) is 4.79 Å². The van der Waals surface area contributed by atoms with Crippen LogP contribution in [0.4, 0.5) is 0 Å². The molecule has 0 spiro atoms. The van der Waals surface area contributed by atoms with E-state index in [0.29, 0.717) is 0 Å². The van der Waals surface area contributed by atoms with Crippen LogP contribution in [-0.2, 0) is 11.2 Å². The van der Waals surface area contributed by atoms with Gasteiger partial charge in [-0.05, 0) is 37.9 Å². The second kappa shape index (κ2) is 7.60. The van der Waals surface area contributed by atoms with Crippen LogP contribution < -0.4 is 5.32 Å². The van der Waals surface area contributed by atoms with Crippen molar-refractivity contribution in [3.8, 4) is 0 Å². The van der Waals surface area contributed by atoms with Gasteiger partial charge >= 0.3 is 0 Å². The number of amides is 1. The minimum Gasteiger partial charge on any atom is -0.344 e. The third-order valence-electron chi connectivity index (χ3n) is 4.03. The highest BCUT2D eigenvalue weighted by Gasteiger charge is 2.40. The molecule has 1 aromatic rings. The van der Waals surface area contributed by atoms with Crippen molar-refractivity contribution in [1.82, 2.24) is 15.2 Å². The van der Waals surface area contributed by atoms with Crippen LogP contribution in [0.3, 0.4) is 0 Å². The first-order valence-corrected chi connectivity index (χ1v) is 7.08. The van der Waals surface area contributed by atoms with Gasteiger partial charge in [0.05, 0.1) is 5.54 Å². The molecule has 1 aromatic heterocycles. The lowest BCUT2D eigenvalue weighted by molar-refractivity contribution is -0.136. The average Bonchev–Trinajstić information content (AvgIpc) is 2.95. The van der Waals surface area contributed by atoms with Gasteiger partial charge in [0.1, 0.15) is 0 Å². The van der Waals surface area contributed by atoms with E-state index < -0.39 is 0 Å². The van der Waals surface area contributed by atoms with Gasteiger partial charge < -0.3 is 10.2 Å². The van der Waals surface area contributed by atoms with Crippen molar-refractivity contribution in [3.05, 3.63) is 30.1 Å². The number of aromatic nitrogens is 1. The second-order valence-electron chi connectivity index (χ2n) is 5.26. The van der Waals surface area contributed by atoms with Crippen molar-refractivity contribution in [2.75, 3.05) is 20.1 Å². The van der Waals surface area contributed by atoms with Gasteiger partial charge in [-0.25, -0.2) is 0 Å². The summed E-state index contributed by atoms with van der Waals surface area (Å²) in [5, 5.41) is 3.39. The first-order valence-electron chi connectivity index (χ1n) is 7.08. The molecule has 1 aliphatic rings. The lowest BCUT2D eigenvalue weighted by Gasteiger charge is -2.31. The van der Waals surface area contributed by atoms with Gasteiger partial charge in [0.25, 0.3) is 0 Å². The molecular weight excluding hydrogens is 274 g/mol. The van der Waals surface area contributed by atoms with Crippen LogP contribution in [0.25, 0.3) is 0 Å². The second-order valence-corrected chi connectivity index (χ2v) is 5.26. The summed E-state index contributed by atoms with van der Waals surface area (Å²) in [7, 11) is 1.89. The van der Waals surface area contributed by atoms with Gasteiger partial charge in [0.15, 0.2) is 0 Å². The fraction of sp³-hybridized carbons (Fsp3) is 0.600. The van der Waals surface area contributed by atoms with Crippen LogP contribution in [0.2, 0.25) is 0 Å². The van der Waals surface area contributed by atoms with E-state index in [4.69, 9.17) is 0 Å². The number of pyridine rings is 1. The maximum Gasteiger partial charge on any atom is 0.242 e. The van der Waals surface area contributed by atoms with Gasteiger partial charge in [-0.1, -0.05) is 13.0 Å². The number of likely N-dealkylation sites (N-methyl/N-ethyl adjacent to an activating group) is 1. The summed E-state index contributed by atoms with van der Waals surface area (Å²) in [5.74, 6) is 0.225. The van der Waals surface area contributed by atoms with Crippen molar-refractivity contribution in [1.29, 1.82) is 0 Å². The van der Waals surface area contributed by atoms with E-state index in [-0.39, 0.29) is 23.9 Å². The molecule has 1 saturated heterocycles. The molecule has 1 aliphatic heterocycles. The Hall–Kier alpha value is -1.13. The quantitative estimate of drug-likeness (QED) is 0.904. The third kappa shape index (κ3) is 3.70. The van der Waals surface area contributed by atoms with Crippen molar-refractivity contribution in [2.24, 2.45) is 0 Å². The molecule has 4 nitrogen and oxygen atoms in total. The van der Waals surface area contributed by atoms with E-state index >= 15 is 0 Å². The molecule has 1 atom stereocenters. The smallest absolute Gasteiger partial charge is 0.242 e. The Labute approximate surface area is 127 Å². The zero-order valence-electron chi connectivity index (χ0n) is 12.3. The standard InChI is InChI=1S/C15H23N3O.ClH/c1-3-15(9-6-11-17-15)14(19)18(2)12-8-13-7-4-5-10-16-13;/h4-5,7,10,17H,3,6,8-9,11-12H2,1-2H3;1H. The fourth-order valence-electron chi connectivity index (χ4n) is 2.74. The Bertz CT molecular complexity index is 418. The molecule has 1 unspecified atom stereocenters. The van der Waals surface area contributed by atoms with E-state index in [1.807, 2.05) is 30.1 Å². The minimum atomic E-state index is -0.321. The Balaban J connectivity index is 0.00000200. The molecule has 1 fully saturated rings. The summed E-state index contributed by atoms with van der Waals surface area (Å²) in [6.07, 6.45) is 5.51. The van der Waals surface area contributed by atoms with Crippen LogP contribution in [0.5, 0.6) is 0 Å². The van der Waals surface area contributed by atoms with Gasteiger partial charge in [-0.3, -0.25) is 9.78 Å². The number of rotatable bonds is 5. The maximum absolute atomic E-state index is 12.6. The molecule has 0 bridgehead atoms. The first kappa shape index (κ1) is 16.9. The van der Waals surface area contributed by atoms with E-state index in [1.165, 1.54) is 0 Å². The topological polar surface area (TPSA) is 45.2 Å². The van der Waals surface area contributed by atoms with Crippen LogP contribution >= 0.6 is 12.4 Å². The summed E-state index contributed by atoms with van der Waals surface area (Å²) in [6.45, 7) is 3.76. The molecule has 0 saturated carbocycles. The van der Waals surface area contributed by atoms with E-state index in [1.54, 1.807) is 6.20 Å². The summed E-state index contributed by atoms with van der Waals surface area (Å²) in [5.41, 5.74) is 0.714. The monoisotopic (exact) mass is 297 g/mol. The molecule has 0 aromatic carbocycles. The lowest BCUT2D eigenvalue weighted by Crippen LogP contribution is -2.53. The number of hydrogen-bond acceptors (Lipinski definition) is 3. The van der Waals surface area contributed by atoms with E-state index in [0.717, 1.165) is 44.5 Å². The molecule has 112 valence electrons. The lowest BCUT2D eigenvalue weighted by atomic mass is 9.92. The number of hydrogen-bond donors (Lipinski definition) is 1. The molecule has 5 heteroatoms. The molecule has 2 rings (SSSR count). The molecule has 1 amide bonds. The van der Waals surface area contributed by atoms with Crippen LogP contribution in [0, 0.1) is 0 Å². The number of nitrogens with one attached hydrogen (secondary N) is 1. The molecule has 2 heterocycles. The highest BCUT2D eigenvalue weighted by molar-refractivity contribution is 5.86. The van der Waals surface area contributed by atoms with Gasteiger partial charge in [0, 0.05) is 31.9 Å². The van der Waals surface area contributed by atoms with Gasteiger partial charge in [0.2, 0.25) is 5.91 Å². The number of halogens is 1. The summed E-state index contributed by atoms with van der Waals surface area (Å²) >= 11 is 0. The third-order valence-corrected chi connectivity index (χ3v) is 4.03. The number of carbonyl (C=O) groups excluding carboxylic acids is 1. The Morgan fingerprint density at radius 2 is 2.30 bits per heavy atom. The maximum atomic E-state index is 12.6. The molecule has 0 aliphatic carbocycles. The molecule has 20 heavy (non-hydrogen) atoms. The minimum absolute atomic E-state index is 0. The van der Waals surface area contributed by atoms with Gasteiger partial charge in [-0.2, -0.15) is 0 Å². The molecular formula is C15H24ClN3O. The zero-order valence-corrected chi connectivity index (χ0v) is 13.1. The normalized spacial score (nSPS) is 21.3. The van der Waals surface area contributed by atoms with Crippen LogP contribution in [0.15, 0.2) is 24.4 Å².